The van der Waals surface area contributed by atoms with E-state index < -0.39 is 0 Å². The zero-order valence-electron chi connectivity index (χ0n) is 9.05. The summed E-state index contributed by atoms with van der Waals surface area (Å²) in [6.07, 6.45) is 0. The predicted molar refractivity (Wildman–Crippen MR) is 67.1 cm³/mol. The maximum Gasteiger partial charge on any atom is 0.137 e. The fourth-order valence-corrected chi connectivity index (χ4v) is 2.18. The number of halogens is 1. The number of aromatic nitrogens is 2. The zero-order chi connectivity index (χ0) is 12.3. The molecule has 0 fully saturated rings. The molecule has 7 heteroatoms. The van der Waals surface area contributed by atoms with Gasteiger partial charge in [-0.25, -0.2) is 5.43 Å². The second-order valence-corrected chi connectivity index (χ2v) is 4.34. The molecular weight excluding hydrogens is 260 g/mol. The Morgan fingerprint density at radius 1 is 1.53 bits per heavy atom. The molecule has 0 aliphatic heterocycles. The number of benzene rings is 1. The van der Waals surface area contributed by atoms with Gasteiger partial charge >= 0.3 is 0 Å². The molecule has 1 unspecified atom stereocenters. The number of nitrogens with zero attached hydrogens (tertiary/aromatic N) is 2. The Balaban J connectivity index is 2.38. The monoisotopic (exact) mass is 270 g/mol. The van der Waals surface area contributed by atoms with Crippen LogP contribution >= 0.6 is 23.1 Å². The number of methoxy groups -OCH3 is 1. The maximum absolute atomic E-state index is 5.97. The zero-order valence-corrected chi connectivity index (χ0v) is 10.6. The van der Waals surface area contributed by atoms with Crippen LogP contribution in [0.4, 0.5) is 0 Å². The van der Waals surface area contributed by atoms with Crippen molar-refractivity contribution >= 4 is 23.1 Å². The van der Waals surface area contributed by atoms with Crippen molar-refractivity contribution in [3.8, 4) is 5.75 Å². The fourth-order valence-electron chi connectivity index (χ4n) is 1.51. The number of rotatable bonds is 4. The van der Waals surface area contributed by atoms with E-state index in [9.17, 15) is 0 Å². The molecule has 0 bridgehead atoms. The molecule has 0 amide bonds. The van der Waals surface area contributed by atoms with Gasteiger partial charge in [-0.2, -0.15) is 0 Å². The molecule has 3 N–H and O–H groups in total. The number of nitrogens with two attached hydrogens (primary N) is 1. The van der Waals surface area contributed by atoms with Gasteiger partial charge in [0.1, 0.15) is 5.75 Å². The lowest BCUT2D eigenvalue weighted by atomic mass is 10.1. The van der Waals surface area contributed by atoms with Gasteiger partial charge < -0.3 is 4.74 Å². The first kappa shape index (κ1) is 12.3. The van der Waals surface area contributed by atoms with Gasteiger partial charge in [0.25, 0.3) is 0 Å². The highest BCUT2D eigenvalue weighted by atomic mass is 35.5. The van der Waals surface area contributed by atoms with Gasteiger partial charge in [0, 0.05) is 5.38 Å². The SMILES string of the molecule is COc1cc(C(NN)c2csnn2)ccc1Cl. The highest BCUT2D eigenvalue weighted by molar-refractivity contribution is 7.03. The fraction of sp³-hybridized carbons (Fsp3) is 0.200. The van der Waals surface area contributed by atoms with Crippen molar-refractivity contribution in [3.63, 3.8) is 0 Å². The summed E-state index contributed by atoms with van der Waals surface area (Å²) in [7, 11) is 1.57. The number of nitrogens with one attached hydrogen (secondary N) is 1. The Morgan fingerprint density at radius 2 is 2.35 bits per heavy atom. The van der Waals surface area contributed by atoms with Crippen LogP contribution in [0.3, 0.4) is 0 Å². The number of hydrogen-bond donors (Lipinski definition) is 2. The van der Waals surface area contributed by atoms with E-state index >= 15 is 0 Å². The molecule has 1 heterocycles. The molecule has 0 spiro atoms. The first-order valence-corrected chi connectivity index (χ1v) is 6.04. The Morgan fingerprint density at radius 3 is 2.94 bits per heavy atom. The van der Waals surface area contributed by atoms with E-state index in [-0.39, 0.29) is 6.04 Å². The predicted octanol–water partition coefficient (Wildman–Crippen LogP) is 1.75. The molecule has 0 saturated carbocycles. The Hall–Kier alpha value is -1.21. The van der Waals surface area contributed by atoms with Crippen LogP contribution in [-0.4, -0.2) is 16.7 Å². The molecule has 1 atom stereocenters. The van der Waals surface area contributed by atoms with Crippen molar-refractivity contribution in [3.05, 3.63) is 39.9 Å². The smallest absolute Gasteiger partial charge is 0.137 e. The Bertz CT molecular complexity index is 491. The topological polar surface area (TPSA) is 73.1 Å². The number of ether oxygens (including phenoxy) is 1. The molecule has 2 aromatic rings. The first-order chi connectivity index (χ1) is 8.26. The van der Waals surface area contributed by atoms with Gasteiger partial charge in [0.15, 0.2) is 0 Å². The highest BCUT2D eigenvalue weighted by Gasteiger charge is 2.16. The normalized spacial score (nSPS) is 12.4. The van der Waals surface area contributed by atoms with Crippen molar-refractivity contribution < 1.29 is 4.74 Å². The third-order valence-corrected chi connectivity index (χ3v) is 3.18. The van der Waals surface area contributed by atoms with Gasteiger partial charge in [-0.3, -0.25) is 5.84 Å². The van der Waals surface area contributed by atoms with Gasteiger partial charge in [-0.05, 0) is 29.2 Å². The van der Waals surface area contributed by atoms with Crippen LogP contribution in [0.5, 0.6) is 5.75 Å². The standard InChI is InChI=1S/C10H11ClN4OS/c1-16-9-4-6(2-3-7(9)11)10(13-12)8-5-17-15-14-8/h2-5,10,13H,12H2,1H3. The van der Waals surface area contributed by atoms with Gasteiger partial charge in [-0.1, -0.05) is 22.2 Å². The quantitative estimate of drug-likeness (QED) is 0.654. The van der Waals surface area contributed by atoms with Crippen molar-refractivity contribution in [1.29, 1.82) is 0 Å². The molecule has 0 aliphatic rings. The molecule has 90 valence electrons. The van der Waals surface area contributed by atoms with E-state index in [1.54, 1.807) is 13.2 Å². The van der Waals surface area contributed by atoms with E-state index in [1.165, 1.54) is 11.5 Å². The minimum atomic E-state index is -0.222. The lowest BCUT2D eigenvalue weighted by molar-refractivity contribution is 0.414. The van der Waals surface area contributed by atoms with Crippen molar-refractivity contribution in [2.24, 2.45) is 5.84 Å². The second-order valence-electron chi connectivity index (χ2n) is 3.32. The van der Waals surface area contributed by atoms with Crippen LogP contribution in [0.25, 0.3) is 0 Å². The second kappa shape index (κ2) is 5.42. The lowest BCUT2D eigenvalue weighted by Crippen LogP contribution is -2.29. The van der Waals surface area contributed by atoms with Crippen LogP contribution in [-0.2, 0) is 0 Å². The van der Waals surface area contributed by atoms with E-state index in [4.69, 9.17) is 22.2 Å². The average molecular weight is 271 g/mol. The molecule has 0 saturated heterocycles. The summed E-state index contributed by atoms with van der Waals surface area (Å²) < 4.78 is 8.98. The van der Waals surface area contributed by atoms with Crippen LogP contribution < -0.4 is 16.0 Å². The number of hydrogen-bond acceptors (Lipinski definition) is 6. The van der Waals surface area contributed by atoms with Gasteiger partial charge in [0.2, 0.25) is 0 Å². The van der Waals surface area contributed by atoms with Gasteiger partial charge in [-0.15, -0.1) is 5.10 Å². The van der Waals surface area contributed by atoms with Gasteiger partial charge in [0.05, 0.1) is 23.9 Å². The van der Waals surface area contributed by atoms with Crippen LogP contribution in [0.1, 0.15) is 17.3 Å². The molecular formula is C10H11ClN4OS. The lowest BCUT2D eigenvalue weighted by Gasteiger charge is -2.14. The molecule has 0 radical (unpaired) electrons. The summed E-state index contributed by atoms with van der Waals surface area (Å²) in [6, 6.07) is 5.24. The third kappa shape index (κ3) is 2.55. The molecule has 17 heavy (non-hydrogen) atoms. The minimum absolute atomic E-state index is 0.222. The Kier molecular flexibility index (Phi) is 3.90. The summed E-state index contributed by atoms with van der Waals surface area (Å²) in [6.45, 7) is 0. The van der Waals surface area contributed by atoms with Crippen molar-refractivity contribution in [2.45, 2.75) is 6.04 Å². The first-order valence-electron chi connectivity index (χ1n) is 4.82. The van der Waals surface area contributed by atoms with Crippen molar-refractivity contribution in [1.82, 2.24) is 15.0 Å². The summed E-state index contributed by atoms with van der Waals surface area (Å²) in [5.74, 6) is 6.14. The van der Waals surface area contributed by atoms with E-state index in [0.29, 0.717) is 10.8 Å². The maximum atomic E-state index is 5.97. The molecule has 2 rings (SSSR count). The van der Waals surface area contributed by atoms with E-state index in [1.807, 2.05) is 17.5 Å². The molecule has 0 aliphatic carbocycles. The molecule has 5 nitrogen and oxygen atoms in total. The van der Waals surface area contributed by atoms with Crippen molar-refractivity contribution in [2.75, 3.05) is 7.11 Å². The molecule has 1 aromatic carbocycles. The summed E-state index contributed by atoms with van der Waals surface area (Å²) in [4.78, 5) is 0. The third-order valence-electron chi connectivity index (χ3n) is 2.35. The summed E-state index contributed by atoms with van der Waals surface area (Å²) in [5.41, 5.74) is 4.38. The Labute approximate surface area is 108 Å². The summed E-state index contributed by atoms with van der Waals surface area (Å²) >= 11 is 7.24. The number of hydrazine groups is 1. The van der Waals surface area contributed by atoms with E-state index in [2.05, 4.69) is 15.0 Å². The van der Waals surface area contributed by atoms with Crippen LogP contribution in [0.2, 0.25) is 5.02 Å². The average Bonchev–Trinajstić information content (AvgIpc) is 2.86. The van der Waals surface area contributed by atoms with E-state index in [0.717, 1.165) is 11.3 Å². The highest BCUT2D eigenvalue weighted by Crippen LogP contribution is 2.29. The van der Waals surface area contributed by atoms with Crippen LogP contribution in [0, 0.1) is 0 Å². The molecule has 1 aromatic heterocycles. The van der Waals surface area contributed by atoms with Crippen LogP contribution in [0.15, 0.2) is 23.6 Å². The largest absolute Gasteiger partial charge is 0.495 e. The minimum Gasteiger partial charge on any atom is -0.495 e. The summed E-state index contributed by atoms with van der Waals surface area (Å²) in [5, 5.41) is 6.39.